The topological polar surface area (TPSA) is 38.7 Å². The molecule has 0 N–H and O–H groups in total. The van der Waals surface area contributed by atoms with Gasteiger partial charge in [-0.05, 0) is 107 Å². The van der Waals surface area contributed by atoms with Gasteiger partial charge in [-0.15, -0.1) is 11.3 Å². The average molecular weight is 716 g/mol. The van der Waals surface area contributed by atoms with Crippen LogP contribution in [-0.2, 0) is 5.41 Å². The summed E-state index contributed by atoms with van der Waals surface area (Å²) in [5.74, 6) is 4.97. The highest BCUT2D eigenvalue weighted by atomic mass is 32.1. The zero-order chi connectivity index (χ0) is 36.0. The van der Waals surface area contributed by atoms with Crippen LogP contribution in [-0.4, -0.2) is 15.0 Å². The summed E-state index contributed by atoms with van der Waals surface area (Å²) in [5, 5.41) is 2.56. The van der Waals surface area contributed by atoms with Gasteiger partial charge < -0.3 is 0 Å². The molecule has 2 fully saturated rings. The number of fused-ring (bicyclic) bond motifs is 11. The van der Waals surface area contributed by atoms with Crippen molar-refractivity contribution in [1.82, 2.24) is 15.0 Å². The van der Waals surface area contributed by atoms with E-state index in [4.69, 9.17) is 15.0 Å². The number of aromatic nitrogens is 3. The van der Waals surface area contributed by atoms with Crippen molar-refractivity contribution in [3.05, 3.63) is 151 Å². The minimum absolute atomic E-state index is 0.0634. The minimum atomic E-state index is 0.0634. The van der Waals surface area contributed by atoms with Crippen molar-refractivity contribution < 1.29 is 0 Å². The Labute approximate surface area is 320 Å². The number of thiophene rings is 1. The van der Waals surface area contributed by atoms with Gasteiger partial charge in [0, 0.05) is 42.3 Å². The molecule has 3 aliphatic rings. The van der Waals surface area contributed by atoms with Crippen molar-refractivity contribution in [3.8, 4) is 56.4 Å². The minimum Gasteiger partial charge on any atom is -0.208 e. The fraction of sp³-hybridized carbons (Fsp3) is 0.220. The van der Waals surface area contributed by atoms with Crippen molar-refractivity contribution in [2.75, 3.05) is 0 Å². The number of nitrogens with zero attached hydrogens (tertiary/aromatic N) is 3. The van der Waals surface area contributed by atoms with E-state index in [0.29, 0.717) is 29.3 Å². The molecule has 3 nitrogen and oxygen atoms in total. The number of rotatable bonds is 4. The Morgan fingerprint density at radius 3 is 2.00 bits per heavy atom. The molecule has 2 aromatic heterocycles. The van der Waals surface area contributed by atoms with Crippen molar-refractivity contribution in [3.63, 3.8) is 0 Å². The maximum absolute atomic E-state index is 5.18. The summed E-state index contributed by atoms with van der Waals surface area (Å²) in [7, 11) is 0. The smallest absolute Gasteiger partial charge is 0.164 e. The second-order valence-corrected chi connectivity index (χ2v) is 17.3. The van der Waals surface area contributed by atoms with Gasteiger partial charge >= 0.3 is 0 Å². The molecule has 8 aromatic rings. The van der Waals surface area contributed by atoms with Crippen LogP contribution >= 0.6 is 11.3 Å². The zero-order valence-corrected chi connectivity index (χ0v) is 31.5. The second-order valence-electron chi connectivity index (χ2n) is 16.2. The number of benzene rings is 6. The summed E-state index contributed by atoms with van der Waals surface area (Å²) in [6.45, 7) is 5.04. The highest BCUT2D eigenvalue weighted by molar-refractivity contribution is 7.25. The first kappa shape index (κ1) is 32.0. The zero-order valence-electron chi connectivity index (χ0n) is 30.7. The van der Waals surface area contributed by atoms with E-state index < -0.39 is 0 Å². The van der Waals surface area contributed by atoms with E-state index in [-0.39, 0.29) is 5.41 Å². The molecule has 4 heteroatoms. The van der Waals surface area contributed by atoms with Crippen LogP contribution < -0.4 is 0 Å². The lowest BCUT2D eigenvalue weighted by molar-refractivity contribution is 0.0426. The monoisotopic (exact) mass is 715 g/mol. The molecular weight excluding hydrogens is 675 g/mol. The van der Waals surface area contributed by atoms with Crippen LogP contribution in [0.3, 0.4) is 0 Å². The first-order valence-electron chi connectivity index (χ1n) is 19.6. The molecular formula is C50H41N3S. The number of hydrogen-bond acceptors (Lipinski definition) is 4. The van der Waals surface area contributed by atoms with E-state index in [2.05, 4.69) is 135 Å². The van der Waals surface area contributed by atoms with E-state index in [0.717, 1.165) is 28.5 Å². The molecule has 11 rings (SSSR count). The summed E-state index contributed by atoms with van der Waals surface area (Å²) in [6.07, 6.45) is 5.37. The Hall–Kier alpha value is -5.45. The molecule has 0 amide bonds. The molecule has 0 radical (unpaired) electrons. The first-order chi connectivity index (χ1) is 26.5. The Bertz CT molecular complexity index is 2740. The van der Waals surface area contributed by atoms with E-state index in [1.54, 1.807) is 11.1 Å². The quantitative estimate of drug-likeness (QED) is 0.182. The summed E-state index contributed by atoms with van der Waals surface area (Å²) < 4.78 is 2.53. The first-order valence-corrected chi connectivity index (χ1v) is 20.4. The van der Waals surface area contributed by atoms with E-state index in [1.807, 2.05) is 29.5 Å². The van der Waals surface area contributed by atoms with Crippen molar-refractivity contribution in [2.45, 2.75) is 44.9 Å². The van der Waals surface area contributed by atoms with Gasteiger partial charge in [0.2, 0.25) is 0 Å². The standard InChI is InChI=1S/C50H41N3S/c1-30-23-32-25-31(2)50(38(24-30)26-32)43-17-8-6-15-39(43)40-21-19-35(28-44(40)50)34-13-10-14-36(27-34)48-51-47(33-11-4-3-5-12-33)52-49(53-48)37-20-22-42-41-16-7-9-18-45(41)54-46(42)29-37/h3-22,27-32,38H,23-26H2,1-2H3/t30?,31?,32-,38-,50?/m0/s1. The molecule has 2 heterocycles. The Morgan fingerprint density at radius 1 is 0.481 bits per heavy atom. The molecule has 54 heavy (non-hydrogen) atoms. The summed E-state index contributed by atoms with van der Waals surface area (Å²) in [4.78, 5) is 15.4. The fourth-order valence-electron chi connectivity index (χ4n) is 10.9. The van der Waals surface area contributed by atoms with Gasteiger partial charge in [-0.1, -0.05) is 129 Å². The molecule has 5 atom stereocenters. The van der Waals surface area contributed by atoms with Gasteiger partial charge in [-0.2, -0.15) is 0 Å². The van der Waals surface area contributed by atoms with Crippen LogP contribution in [0.2, 0.25) is 0 Å². The van der Waals surface area contributed by atoms with Gasteiger partial charge in [0.15, 0.2) is 17.5 Å². The van der Waals surface area contributed by atoms with Gasteiger partial charge in [0.25, 0.3) is 0 Å². The largest absolute Gasteiger partial charge is 0.208 e. The molecule has 0 saturated heterocycles. The number of hydrogen-bond donors (Lipinski definition) is 0. The van der Waals surface area contributed by atoms with Crippen LogP contribution in [0.15, 0.2) is 140 Å². The third kappa shape index (κ3) is 4.89. The summed E-state index contributed by atoms with van der Waals surface area (Å²) in [5.41, 5.74) is 11.5. The van der Waals surface area contributed by atoms with Crippen LogP contribution in [0.5, 0.6) is 0 Å². The SMILES string of the molecule is CC1C[C@H]2CC(C)C3(c4ccccc4-c4ccc(-c5cccc(-c6nc(-c7ccccc7)nc(-c7ccc8c(c7)sc7ccccc78)n6)c5)cc43)[C@@H](C1)C2. The summed E-state index contributed by atoms with van der Waals surface area (Å²) in [6, 6.07) is 51.0. The maximum Gasteiger partial charge on any atom is 0.164 e. The Kier molecular flexibility index (Phi) is 7.29. The third-order valence-corrected chi connectivity index (χ3v) is 14.2. The molecule has 2 saturated carbocycles. The Morgan fingerprint density at radius 2 is 1.13 bits per heavy atom. The molecule has 2 bridgehead atoms. The molecule has 0 aliphatic heterocycles. The summed E-state index contributed by atoms with van der Waals surface area (Å²) >= 11 is 1.82. The van der Waals surface area contributed by atoms with Crippen LogP contribution in [0.1, 0.15) is 50.7 Å². The van der Waals surface area contributed by atoms with E-state index in [9.17, 15) is 0 Å². The lowest BCUT2D eigenvalue weighted by Gasteiger charge is -2.54. The molecule has 262 valence electrons. The highest BCUT2D eigenvalue weighted by Gasteiger charge is 2.56. The molecule has 6 aromatic carbocycles. The predicted molar refractivity (Wildman–Crippen MR) is 224 cm³/mol. The second kappa shape index (κ2) is 12.3. The van der Waals surface area contributed by atoms with Crippen LogP contribution in [0.25, 0.3) is 76.6 Å². The van der Waals surface area contributed by atoms with Gasteiger partial charge in [-0.25, -0.2) is 15.0 Å². The molecule has 3 aliphatic carbocycles. The third-order valence-electron chi connectivity index (χ3n) is 13.0. The van der Waals surface area contributed by atoms with Crippen molar-refractivity contribution in [2.24, 2.45) is 23.7 Å². The van der Waals surface area contributed by atoms with Gasteiger partial charge in [0.05, 0.1) is 0 Å². The van der Waals surface area contributed by atoms with E-state index in [1.165, 1.54) is 68.1 Å². The van der Waals surface area contributed by atoms with Crippen LogP contribution in [0.4, 0.5) is 0 Å². The maximum atomic E-state index is 5.18. The average Bonchev–Trinajstić information content (AvgIpc) is 3.73. The molecule has 3 unspecified atom stereocenters. The fourth-order valence-corrected chi connectivity index (χ4v) is 12.1. The normalized spacial score (nSPS) is 22.8. The Balaban J connectivity index is 1.04. The highest BCUT2D eigenvalue weighted by Crippen LogP contribution is 2.64. The van der Waals surface area contributed by atoms with Crippen molar-refractivity contribution >= 4 is 31.5 Å². The van der Waals surface area contributed by atoms with Crippen molar-refractivity contribution in [1.29, 1.82) is 0 Å². The lowest BCUT2D eigenvalue weighted by atomic mass is 9.49. The van der Waals surface area contributed by atoms with Gasteiger partial charge in [-0.3, -0.25) is 0 Å². The predicted octanol–water partition coefficient (Wildman–Crippen LogP) is 13.3. The van der Waals surface area contributed by atoms with Gasteiger partial charge in [0.1, 0.15) is 0 Å². The van der Waals surface area contributed by atoms with E-state index >= 15 is 0 Å². The van der Waals surface area contributed by atoms with Crippen LogP contribution in [0, 0.1) is 23.7 Å². The lowest BCUT2D eigenvalue weighted by Crippen LogP contribution is -2.49. The molecule has 1 spiro atoms.